The van der Waals surface area contributed by atoms with Crippen molar-refractivity contribution in [2.24, 2.45) is 16.7 Å². The molecule has 2 aromatic rings. The topological polar surface area (TPSA) is 91.4 Å². The zero-order valence-corrected chi connectivity index (χ0v) is 11.9. The average molecular weight is 300 g/mol. The molecular weight excluding hydrogens is 286 g/mol. The standard InChI is InChI=1S/C15H14ClN5/c16-14-7-5-13(6-8-14)15(21(19)20-10-18)12-3-1-11(9-17)2-4-12/h1-8,10,15H,19H2,(H2,18,20). The van der Waals surface area contributed by atoms with Gasteiger partial charge in [0.1, 0.15) is 12.4 Å². The molecule has 1 unspecified atom stereocenters. The zero-order chi connectivity index (χ0) is 15.2. The quantitative estimate of drug-likeness (QED) is 0.392. The Labute approximate surface area is 128 Å². The number of hydrogen-bond acceptors (Lipinski definition) is 4. The van der Waals surface area contributed by atoms with E-state index in [-0.39, 0.29) is 6.04 Å². The highest BCUT2D eigenvalue weighted by Gasteiger charge is 2.19. The van der Waals surface area contributed by atoms with Crippen LogP contribution in [0.15, 0.2) is 53.6 Å². The summed E-state index contributed by atoms with van der Waals surface area (Å²) in [5, 5.41) is 14.7. The highest BCUT2D eigenvalue weighted by atomic mass is 35.5. The summed E-state index contributed by atoms with van der Waals surface area (Å²) in [6.45, 7) is 0. The van der Waals surface area contributed by atoms with Gasteiger partial charge in [-0.3, -0.25) is 0 Å². The lowest BCUT2D eigenvalue weighted by molar-refractivity contribution is 0.245. The minimum absolute atomic E-state index is 0.324. The minimum Gasteiger partial charge on any atom is -0.388 e. The van der Waals surface area contributed by atoms with Crippen LogP contribution in [0, 0.1) is 11.3 Å². The third-order valence-electron chi connectivity index (χ3n) is 3.01. The summed E-state index contributed by atoms with van der Waals surface area (Å²) < 4.78 is 0. The van der Waals surface area contributed by atoms with Gasteiger partial charge in [-0.2, -0.15) is 10.4 Å². The molecule has 4 N–H and O–H groups in total. The SMILES string of the molecule is N#Cc1ccc(C(c2ccc(Cl)cc2)N(N)/N=C\N)cc1. The molecule has 0 spiro atoms. The molecule has 0 radical (unpaired) electrons. The maximum Gasteiger partial charge on any atom is 0.114 e. The molecular formula is C15H14ClN5. The highest BCUT2D eigenvalue weighted by molar-refractivity contribution is 6.30. The Morgan fingerprint density at radius 1 is 1.10 bits per heavy atom. The Hall–Kier alpha value is -2.55. The fourth-order valence-electron chi connectivity index (χ4n) is 2.03. The first kappa shape index (κ1) is 14.9. The second-order valence-electron chi connectivity index (χ2n) is 4.33. The van der Waals surface area contributed by atoms with Crippen molar-refractivity contribution in [3.8, 4) is 6.07 Å². The van der Waals surface area contributed by atoms with Gasteiger partial charge in [-0.05, 0) is 35.4 Å². The van der Waals surface area contributed by atoms with E-state index in [1.54, 1.807) is 24.3 Å². The molecule has 0 aliphatic heterocycles. The maximum absolute atomic E-state index is 8.87. The van der Waals surface area contributed by atoms with Crippen LogP contribution in [-0.2, 0) is 0 Å². The lowest BCUT2D eigenvalue weighted by atomic mass is 9.98. The fourth-order valence-corrected chi connectivity index (χ4v) is 2.15. The van der Waals surface area contributed by atoms with Gasteiger partial charge in [-0.15, -0.1) is 0 Å². The van der Waals surface area contributed by atoms with Gasteiger partial charge >= 0.3 is 0 Å². The lowest BCUT2D eigenvalue weighted by Crippen LogP contribution is -2.31. The molecule has 0 aliphatic rings. The Morgan fingerprint density at radius 2 is 1.62 bits per heavy atom. The van der Waals surface area contributed by atoms with Crippen molar-refractivity contribution in [2.75, 3.05) is 0 Å². The van der Waals surface area contributed by atoms with Crippen molar-refractivity contribution >= 4 is 17.9 Å². The predicted octanol–water partition coefficient (Wildman–Crippen LogP) is 2.38. The van der Waals surface area contributed by atoms with E-state index in [9.17, 15) is 0 Å². The first-order valence-electron chi connectivity index (χ1n) is 6.19. The van der Waals surface area contributed by atoms with Crippen molar-refractivity contribution < 1.29 is 0 Å². The van der Waals surface area contributed by atoms with Crippen molar-refractivity contribution in [2.45, 2.75) is 6.04 Å². The second-order valence-corrected chi connectivity index (χ2v) is 4.77. The molecule has 1 atom stereocenters. The lowest BCUT2D eigenvalue weighted by Gasteiger charge is -2.25. The smallest absolute Gasteiger partial charge is 0.114 e. The first-order chi connectivity index (χ1) is 10.2. The number of hydrazine groups is 1. The van der Waals surface area contributed by atoms with Crippen LogP contribution in [0.1, 0.15) is 22.7 Å². The second kappa shape index (κ2) is 6.75. The van der Waals surface area contributed by atoms with Crippen LogP contribution in [0.4, 0.5) is 0 Å². The molecule has 2 rings (SSSR count). The molecule has 6 heteroatoms. The van der Waals surface area contributed by atoms with Crippen LogP contribution >= 0.6 is 11.6 Å². The number of nitriles is 1. The molecule has 0 heterocycles. The van der Waals surface area contributed by atoms with Gasteiger partial charge in [0.25, 0.3) is 0 Å². The van der Waals surface area contributed by atoms with E-state index in [0.717, 1.165) is 17.5 Å². The van der Waals surface area contributed by atoms with Gasteiger partial charge in [0.15, 0.2) is 0 Å². The van der Waals surface area contributed by atoms with Crippen LogP contribution in [-0.4, -0.2) is 11.5 Å². The number of hydrogen-bond donors (Lipinski definition) is 2. The van der Waals surface area contributed by atoms with Gasteiger partial charge in [0, 0.05) is 5.02 Å². The molecule has 0 bridgehead atoms. The van der Waals surface area contributed by atoms with E-state index in [1.165, 1.54) is 5.12 Å². The predicted molar refractivity (Wildman–Crippen MR) is 83.2 cm³/mol. The van der Waals surface area contributed by atoms with E-state index in [4.69, 9.17) is 28.4 Å². The average Bonchev–Trinajstić information content (AvgIpc) is 2.50. The Morgan fingerprint density at radius 3 is 2.10 bits per heavy atom. The summed E-state index contributed by atoms with van der Waals surface area (Å²) in [5.74, 6) is 5.96. The van der Waals surface area contributed by atoms with Gasteiger partial charge in [0.05, 0.1) is 11.6 Å². The zero-order valence-electron chi connectivity index (χ0n) is 11.1. The molecule has 21 heavy (non-hydrogen) atoms. The molecule has 106 valence electrons. The van der Waals surface area contributed by atoms with E-state index < -0.39 is 0 Å². The summed E-state index contributed by atoms with van der Waals surface area (Å²) >= 11 is 5.91. The molecule has 0 aliphatic carbocycles. The number of hydrazone groups is 1. The first-order valence-corrected chi connectivity index (χ1v) is 6.57. The third-order valence-corrected chi connectivity index (χ3v) is 3.26. The van der Waals surface area contributed by atoms with Crippen LogP contribution < -0.4 is 11.6 Å². The van der Waals surface area contributed by atoms with Gasteiger partial charge in [-0.1, -0.05) is 35.9 Å². The Bertz CT molecular complexity index is 658. The van der Waals surface area contributed by atoms with Crippen LogP contribution in [0.25, 0.3) is 0 Å². The number of benzene rings is 2. The number of nitrogens with zero attached hydrogens (tertiary/aromatic N) is 3. The van der Waals surface area contributed by atoms with Crippen LogP contribution in [0.2, 0.25) is 5.02 Å². The molecule has 0 aromatic heterocycles. The fraction of sp³-hybridized carbons (Fsp3) is 0.0667. The van der Waals surface area contributed by atoms with E-state index >= 15 is 0 Å². The largest absolute Gasteiger partial charge is 0.388 e. The van der Waals surface area contributed by atoms with Gasteiger partial charge in [0.2, 0.25) is 0 Å². The summed E-state index contributed by atoms with van der Waals surface area (Å²) in [7, 11) is 0. The molecule has 0 saturated heterocycles. The van der Waals surface area contributed by atoms with Gasteiger partial charge in [-0.25, -0.2) is 11.0 Å². The summed E-state index contributed by atoms with van der Waals surface area (Å²) in [5.41, 5.74) is 7.71. The van der Waals surface area contributed by atoms with Crippen LogP contribution in [0.3, 0.4) is 0 Å². The molecule has 0 fully saturated rings. The van der Waals surface area contributed by atoms with Crippen molar-refractivity contribution in [3.05, 3.63) is 70.2 Å². The Kier molecular flexibility index (Phi) is 4.77. The third kappa shape index (κ3) is 3.51. The van der Waals surface area contributed by atoms with E-state index in [0.29, 0.717) is 10.6 Å². The Balaban J connectivity index is 2.44. The van der Waals surface area contributed by atoms with E-state index in [2.05, 4.69) is 11.2 Å². The summed E-state index contributed by atoms with van der Waals surface area (Å²) in [6.07, 6.45) is 1.13. The van der Waals surface area contributed by atoms with Crippen LogP contribution in [0.5, 0.6) is 0 Å². The maximum atomic E-state index is 8.87. The summed E-state index contributed by atoms with van der Waals surface area (Å²) in [6, 6.07) is 16.2. The van der Waals surface area contributed by atoms with Crippen molar-refractivity contribution in [1.29, 1.82) is 5.26 Å². The number of halogens is 1. The highest BCUT2D eigenvalue weighted by Crippen LogP contribution is 2.28. The van der Waals surface area contributed by atoms with Crippen molar-refractivity contribution in [3.63, 3.8) is 0 Å². The minimum atomic E-state index is -0.324. The summed E-state index contributed by atoms with van der Waals surface area (Å²) in [4.78, 5) is 0. The molecule has 5 nitrogen and oxygen atoms in total. The van der Waals surface area contributed by atoms with Crippen molar-refractivity contribution in [1.82, 2.24) is 5.12 Å². The van der Waals surface area contributed by atoms with Gasteiger partial charge < -0.3 is 5.73 Å². The molecule has 0 amide bonds. The normalized spacial score (nSPS) is 12.0. The molecule has 2 aromatic carbocycles. The van der Waals surface area contributed by atoms with E-state index in [1.807, 2.05) is 24.3 Å². The molecule has 0 saturated carbocycles. The monoisotopic (exact) mass is 299 g/mol. The number of rotatable bonds is 4. The number of nitrogens with two attached hydrogens (primary N) is 2.